The lowest BCUT2D eigenvalue weighted by atomic mass is 10.0. The summed E-state index contributed by atoms with van der Waals surface area (Å²) >= 11 is 0. The Morgan fingerprint density at radius 1 is 0.879 bits per heavy atom. The molecule has 1 aromatic carbocycles. The highest BCUT2D eigenvalue weighted by Crippen LogP contribution is 2.08. The predicted octanol–water partition coefficient (Wildman–Crippen LogP) is -0.0997. The fraction of sp³-hybridized carbons (Fsp3) is 0.565. The Morgan fingerprint density at radius 3 is 1.97 bits per heavy atom. The summed E-state index contributed by atoms with van der Waals surface area (Å²) in [4.78, 5) is 49.7. The molecule has 0 spiro atoms. The first-order valence-electron chi connectivity index (χ1n) is 11.2. The van der Waals surface area contributed by atoms with E-state index >= 15 is 0 Å². The van der Waals surface area contributed by atoms with Crippen molar-refractivity contribution in [1.82, 2.24) is 16.0 Å². The van der Waals surface area contributed by atoms with Gasteiger partial charge in [0.05, 0.1) is 6.04 Å². The summed E-state index contributed by atoms with van der Waals surface area (Å²) in [5, 5.41) is 17.2. The topological polar surface area (TPSA) is 177 Å². The maximum atomic E-state index is 13.1. The molecule has 0 aromatic heterocycles. The number of carboxylic acids is 1. The van der Waals surface area contributed by atoms with Crippen molar-refractivity contribution in [2.75, 3.05) is 6.54 Å². The van der Waals surface area contributed by atoms with E-state index < -0.39 is 47.9 Å². The lowest BCUT2D eigenvalue weighted by Gasteiger charge is -2.26. The van der Waals surface area contributed by atoms with Crippen LogP contribution in [0, 0.1) is 5.92 Å². The van der Waals surface area contributed by atoms with E-state index in [4.69, 9.17) is 11.5 Å². The quantitative estimate of drug-likeness (QED) is 0.209. The molecule has 4 atom stereocenters. The zero-order chi connectivity index (χ0) is 25.0. The number of nitrogens with two attached hydrogens (primary N) is 2. The second kappa shape index (κ2) is 14.2. The largest absolute Gasteiger partial charge is 0.480 e. The molecule has 4 unspecified atom stereocenters. The molecule has 8 N–H and O–H groups in total. The van der Waals surface area contributed by atoms with Gasteiger partial charge in [0, 0.05) is 6.42 Å². The zero-order valence-corrected chi connectivity index (χ0v) is 19.5. The number of hydrogen-bond donors (Lipinski definition) is 6. The average Bonchev–Trinajstić information content (AvgIpc) is 2.76. The van der Waals surface area contributed by atoms with Crippen molar-refractivity contribution in [3.63, 3.8) is 0 Å². The summed E-state index contributed by atoms with van der Waals surface area (Å²) in [5.41, 5.74) is 12.0. The maximum Gasteiger partial charge on any atom is 0.326 e. The lowest BCUT2D eigenvalue weighted by Crippen LogP contribution is -2.57. The van der Waals surface area contributed by atoms with Gasteiger partial charge in [0.2, 0.25) is 17.7 Å². The Labute approximate surface area is 194 Å². The molecule has 0 fully saturated rings. The van der Waals surface area contributed by atoms with Crippen LogP contribution in [0.3, 0.4) is 0 Å². The number of carbonyl (C=O) groups is 4. The number of carbonyl (C=O) groups excluding carboxylic acids is 3. The summed E-state index contributed by atoms with van der Waals surface area (Å²) in [5.74, 6) is -3.16. The molecule has 0 heterocycles. The van der Waals surface area contributed by atoms with Crippen LogP contribution in [0.5, 0.6) is 0 Å². The molecule has 0 saturated carbocycles. The molecule has 184 valence electrons. The molecule has 0 saturated heterocycles. The van der Waals surface area contributed by atoms with Crippen LogP contribution in [0.4, 0.5) is 0 Å². The van der Waals surface area contributed by atoms with E-state index in [-0.39, 0.29) is 18.8 Å². The van der Waals surface area contributed by atoms with Gasteiger partial charge in [0.25, 0.3) is 0 Å². The van der Waals surface area contributed by atoms with E-state index in [0.717, 1.165) is 5.56 Å². The normalized spacial score (nSPS) is 14.6. The monoisotopic (exact) mass is 463 g/mol. The van der Waals surface area contributed by atoms with Crippen molar-refractivity contribution >= 4 is 23.7 Å². The highest BCUT2D eigenvalue weighted by Gasteiger charge is 2.30. The van der Waals surface area contributed by atoms with E-state index in [0.29, 0.717) is 19.4 Å². The van der Waals surface area contributed by atoms with Gasteiger partial charge in [0.15, 0.2) is 0 Å². The Bertz CT molecular complexity index is 785. The number of amides is 3. The van der Waals surface area contributed by atoms with Crippen LogP contribution in [0.1, 0.15) is 45.6 Å². The highest BCUT2D eigenvalue weighted by atomic mass is 16.4. The van der Waals surface area contributed by atoms with E-state index in [1.807, 2.05) is 30.3 Å². The van der Waals surface area contributed by atoms with Gasteiger partial charge in [-0.1, -0.05) is 44.2 Å². The standard InChI is InChI=1S/C23H37N5O5/c1-14(2)19(23(32)33)28-21(30)17(11-7-8-12-24)26-22(31)18(27-20(29)15(3)25)13-16-9-5-4-6-10-16/h4-6,9-10,14-15,17-19H,7-8,11-13,24-25H2,1-3H3,(H,26,31)(H,27,29)(H,28,30)(H,32,33). The Morgan fingerprint density at radius 2 is 1.45 bits per heavy atom. The number of nitrogens with one attached hydrogen (secondary N) is 3. The molecule has 3 amide bonds. The first-order chi connectivity index (χ1) is 15.6. The number of unbranched alkanes of at least 4 members (excludes halogenated alkanes) is 1. The summed E-state index contributed by atoms with van der Waals surface area (Å²) < 4.78 is 0. The van der Waals surface area contributed by atoms with E-state index in [2.05, 4.69) is 16.0 Å². The summed E-state index contributed by atoms with van der Waals surface area (Å²) in [6.45, 7) is 5.29. The minimum atomic E-state index is -1.16. The van der Waals surface area contributed by atoms with Crippen LogP contribution in [0.25, 0.3) is 0 Å². The van der Waals surface area contributed by atoms with E-state index in [1.165, 1.54) is 6.92 Å². The average molecular weight is 464 g/mol. The van der Waals surface area contributed by atoms with Crippen molar-refractivity contribution in [2.45, 2.75) is 70.6 Å². The van der Waals surface area contributed by atoms with Crippen LogP contribution in [0.15, 0.2) is 30.3 Å². The van der Waals surface area contributed by atoms with Gasteiger partial charge in [-0.3, -0.25) is 14.4 Å². The third-order valence-corrected chi connectivity index (χ3v) is 5.14. The molecule has 0 aliphatic heterocycles. The van der Waals surface area contributed by atoms with Crippen LogP contribution in [-0.4, -0.2) is 59.5 Å². The van der Waals surface area contributed by atoms with Crippen molar-refractivity contribution < 1.29 is 24.3 Å². The molecule has 0 bridgehead atoms. The minimum absolute atomic E-state index is 0.200. The van der Waals surface area contributed by atoms with Crippen molar-refractivity contribution in [1.29, 1.82) is 0 Å². The second-order valence-electron chi connectivity index (χ2n) is 8.45. The van der Waals surface area contributed by atoms with E-state index in [1.54, 1.807) is 13.8 Å². The number of aliphatic carboxylic acids is 1. The minimum Gasteiger partial charge on any atom is -0.480 e. The SMILES string of the molecule is CC(N)C(=O)NC(Cc1ccccc1)C(=O)NC(CCCCN)C(=O)NC(C(=O)O)C(C)C. The lowest BCUT2D eigenvalue weighted by molar-refractivity contribution is -0.143. The zero-order valence-electron chi connectivity index (χ0n) is 19.5. The fourth-order valence-electron chi connectivity index (χ4n) is 3.16. The summed E-state index contributed by atoms with van der Waals surface area (Å²) in [6, 6.07) is 5.27. The smallest absolute Gasteiger partial charge is 0.326 e. The molecule has 0 radical (unpaired) electrons. The van der Waals surface area contributed by atoms with Gasteiger partial charge in [-0.25, -0.2) is 4.79 Å². The number of hydrogen-bond acceptors (Lipinski definition) is 6. The molecule has 1 aromatic rings. The summed E-state index contributed by atoms with van der Waals surface area (Å²) in [6.07, 6.45) is 1.68. The van der Waals surface area contributed by atoms with Crippen molar-refractivity contribution in [2.24, 2.45) is 17.4 Å². The van der Waals surface area contributed by atoms with Gasteiger partial charge >= 0.3 is 5.97 Å². The van der Waals surface area contributed by atoms with Gasteiger partial charge in [0.1, 0.15) is 18.1 Å². The van der Waals surface area contributed by atoms with Gasteiger partial charge < -0.3 is 32.5 Å². The third-order valence-electron chi connectivity index (χ3n) is 5.14. The second-order valence-corrected chi connectivity index (χ2v) is 8.45. The number of rotatable bonds is 14. The molecular weight excluding hydrogens is 426 g/mol. The molecule has 10 heteroatoms. The predicted molar refractivity (Wildman–Crippen MR) is 125 cm³/mol. The van der Waals surface area contributed by atoms with Gasteiger partial charge in [-0.05, 0) is 44.2 Å². The molecule has 1 rings (SSSR count). The highest BCUT2D eigenvalue weighted by molar-refractivity contribution is 5.94. The van der Waals surface area contributed by atoms with Crippen LogP contribution in [-0.2, 0) is 25.6 Å². The molecule has 10 nitrogen and oxygen atoms in total. The molecular formula is C23H37N5O5. The maximum absolute atomic E-state index is 13.1. The van der Waals surface area contributed by atoms with Gasteiger partial charge in [-0.2, -0.15) is 0 Å². The van der Waals surface area contributed by atoms with E-state index in [9.17, 15) is 24.3 Å². The molecule has 0 aliphatic rings. The first kappa shape index (κ1) is 28.1. The molecule has 33 heavy (non-hydrogen) atoms. The molecule has 0 aliphatic carbocycles. The van der Waals surface area contributed by atoms with Crippen LogP contribution in [0.2, 0.25) is 0 Å². The fourth-order valence-corrected chi connectivity index (χ4v) is 3.16. The third kappa shape index (κ3) is 10.0. The van der Waals surface area contributed by atoms with Crippen molar-refractivity contribution in [3.8, 4) is 0 Å². The van der Waals surface area contributed by atoms with Crippen LogP contribution < -0.4 is 27.4 Å². The van der Waals surface area contributed by atoms with Crippen molar-refractivity contribution in [3.05, 3.63) is 35.9 Å². The van der Waals surface area contributed by atoms with Crippen LogP contribution >= 0.6 is 0 Å². The number of benzene rings is 1. The first-order valence-corrected chi connectivity index (χ1v) is 11.2. The Kier molecular flexibility index (Phi) is 12.1. The Balaban J connectivity index is 3.04. The van der Waals surface area contributed by atoms with Gasteiger partial charge in [-0.15, -0.1) is 0 Å². The summed E-state index contributed by atoms with van der Waals surface area (Å²) in [7, 11) is 0. The number of carboxylic acid groups (broad SMARTS) is 1. The Hall–Kier alpha value is -2.98.